The third kappa shape index (κ3) is 6.25. The number of nitrogens with one attached hydrogen (secondary N) is 3. The Hall–Kier alpha value is -3.53. The van der Waals surface area contributed by atoms with Gasteiger partial charge in [-0.1, -0.05) is 23.9 Å². The number of nitrogens with two attached hydrogens (primary N) is 1. The number of likely N-dealkylation sites (N-methyl/N-ethyl adjacent to an activating group) is 1. The lowest BCUT2D eigenvalue weighted by Gasteiger charge is -2.32. The SMILES string of the molecule is CCN(CC)C(=O)C(Sc1nc2ccc(C(=N)N)cc2[nH]1)c1ccc(OC2CCN(C(C)=N)CC2)cc1. The van der Waals surface area contributed by atoms with Crippen molar-refractivity contribution in [2.75, 3.05) is 26.2 Å². The summed E-state index contributed by atoms with van der Waals surface area (Å²) in [6, 6.07) is 13.2. The van der Waals surface area contributed by atoms with E-state index in [4.69, 9.17) is 21.3 Å². The van der Waals surface area contributed by atoms with Crippen molar-refractivity contribution in [3.8, 4) is 5.75 Å². The van der Waals surface area contributed by atoms with Gasteiger partial charge in [0.1, 0.15) is 22.9 Å². The molecule has 1 aliphatic rings. The van der Waals surface area contributed by atoms with Crippen LogP contribution in [0.4, 0.5) is 0 Å². The van der Waals surface area contributed by atoms with Gasteiger partial charge in [0.15, 0.2) is 5.16 Å². The molecule has 10 heteroatoms. The van der Waals surface area contributed by atoms with Crippen LogP contribution in [0.1, 0.15) is 50.0 Å². The second kappa shape index (κ2) is 11.7. The Morgan fingerprint density at radius 3 is 2.46 bits per heavy atom. The Balaban J connectivity index is 1.53. The van der Waals surface area contributed by atoms with Crippen LogP contribution in [0.15, 0.2) is 47.6 Å². The molecule has 3 aromatic rings. The average molecular weight is 522 g/mol. The van der Waals surface area contributed by atoms with Gasteiger partial charge in [-0.2, -0.15) is 0 Å². The number of likely N-dealkylation sites (tertiary alicyclic amines) is 1. The van der Waals surface area contributed by atoms with Gasteiger partial charge >= 0.3 is 0 Å². The molecule has 0 saturated carbocycles. The van der Waals surface area contributed by atoms with E-state index in [2.05, 4.69) is 14.9 Å². The van der Waals surface area contributed by atoms with E-state index in [1.807, 2.05) is 56.0 Å². The zero-order valence-electron chi connectivity index (χ0n) is 21.6. The number of nitrogen functional groups attached to an aromatic ring is 1. The maximum absolute atomic E-state index is 13.5. The number of imidazole rings is 1. The Kier molecular flexibility index (Phi) is 8.38. The molecule has 1 saturated heterocycles. The van der Waals surface area contributed by atoms with Gasteiger partial charge in [0, 0.05) is 44.6 Å². The highest BCUT2D eigenvalue weighted by molar-refractivity contribution is 8.00. The minimum absolute atomic E-state index is 0.00186. The first kappa shape index (κ1) is 26.5. The third-order valence-corrected chi connectivity index (χ3v) is 7.83. The quantitative estimate of drug-likeness (QED) is 0.187. The number of amidine groups is 2. The minimum atomic E-state index is -0.472. The molecule has 1 aliphatic heterocycles. The van der Waals surface area contributed by atoms with Crippen molar-refractivity contribution in [1.82, 2.24) is 19.8 Å². The number of nitrogens with zero attached hydrogens (tertiary/aromatic N) is 3. The van der Waals surface area contributed by atoms with Crippen LogP contribution in [0.25, 0.3) is 11.0 Å². The van der Waals surface area contributed by atoms with Gasteiger partial charge in [0.2, 0.25) is 5.91 Å². The van der Waals surface area contributed by atoms with E-state index in [0.29, 0.717) is 29.6 Å². The fourth-order valence-corrected chi connectivity index (χ4v) is 5.59. The first-order chi connectivity index (χ1) is 17.8. The van der Waals surface area contributed by atoms with Crippen LogP contribution in [0.2, 0.25) is 0 Å². The van der Waals surface area contributed by atoms with Crippen molar-refractivity contribution >= 4 is 40.4 Å². The number of aromatic amines is 1. The van der Waals surface area contributed by atoms with Gasteiger partial charge in [0.05, 0.1) is 16.9 Å². The molecule has 0 spiro atoms. The number of ether oxygens (including phenoxy) is 1. The summed E-state index contributed by atoms with van der Waals surface area (Å²) in [4.78, 5) is 25.4. The normalized spacial score (nSPS) is 14.9. The molecule has 4 rings (SSSR count). The van der Waals surface area contributed by atoms with Crippen molar-refractivity contribution in [2.24, 2.45) is 5.73 Å². The van der Waals surface area contributed by atoms with Gasteiger partial charge < -0.3 is 25.3 Å². The van der Waals surface area contributed by atoms with Gasteiger partial charge in [-0.3, -0.25) is 15.6 Å². The maximum atomic E-state index is 13.5. The van der Waals surface area contributed by atoms with Gasteiger partial charge in [0.25, 0.3) is 0 Å². The summed E-state index contributed by atoms with van der Waals surface area (Å²) in [6.45, 7) is 8.71. The third-order valence-electron chi connectivity index (χ3n) is 6.70. The van der Waals surface area contributed by atoms with Crippen LogP contribution in [0, 0.1) is 10.8 Å². The highest BCUT2D eigenvalue weighted by Crippen LogP contribution is 2.37. The lowest BCUT2D eigenvalue weighted by Crippen LogP contribution is -2.40. The van der Waals surface area contributed by atoms with Crippen LogP contribution in [0.5, 0.6) is 5.75 Å². The molecule has 0 bridgehead atoms. The van der Waals surface area contributed by atoms with Gasteiger partial charge in [-0.25, -0.2) is 4.98 Å². The molecule has 9 nitrogen and oxygen atoms in total. The Labute approximate surface area is 221 Å². The van der Waals surface area contributed by atoms with E-state index >= 15 is 0 Å². The minimum Gasteiger partial charge on any atom is -0.490 e. The van der Waals surface area contributed by atoms with E-state index < -0.39 is 5.25 Å². The predicted octanol–water partition coefficient (Wildman–Crippen LogP) is 4.39. The van der Waals surface area contributed by atoms with Crippen molar-refractivity contribution in [1.29, 1.82) is 10.8 Å². The van der Waals surface area contributed by atoms with Crippen molar-refractivity contribution in [3.05, 3.63) is 53.6 Å². The second-order valence-electron chi connectivity index (χ2n) is 9.15. The summed E-state index contributed by atoms with van der Waals surface area (Å²) >= 11 is 1.38. The van der Waals surface area contributed by atoms with E-state index in [9.17, 15) is 4.79 Å². The van der Waals surface area contributed by atoms with Gasteiger partial charge in [-0.05, 0) is 56.7 Å². The molecule has 1 unspecified atom stereocenters. The molecule has 37 heavy (non-hydrogen) atoms. The average Bonchev–Trinajstić information content (AvgIpc) is 3.30. The zero-order chi connectivity index (χ0) is 26.5. The largest absolute Gasteiger partial charge is 0.490 e. The second-order valence-corrected chi connectivity index (χ2v) is 10.2. The molecule has 1 atom stereocenters. The number of rotatable bonds is 9. The Morgan fingerprint density at radius 1 is 1.19 bits per heavy atom. The molecular formula is C27H35N7O2S. The smallest absolute Gasteiger partial charge is 0.240 e. The highest BCUT2D eigenvalue weighted by atomic mass is 32.2. The summed E-state index contributed by atoms with van der Waals surface area (Å²) in [5, 5.41) is 15.6. The maximum Gasteiger partial charge on any atom is 0.240 e. The first-order valence-corrected chi connectivity index (χ1v) is 13.5. The molecule has 2 aromatic carbocycles. The van der Waals surface area contributed by atoms with E-state index in [1.165, 1.54) is 11.8 Å². The van der Waals surface area contributed by atoms with Crippen LogP contribution in [-0.2, 0) is 4.79 Å². The first-order valence-electron chi connectivity index (χ1n) is 12.6. The van der Waals surface area contributed by atoms with Crippen molar-refractivity contribution in [3.63, 3.8) is 0 Å². The zero-order valence-corrected chi connectivity index (χ0v) is 22.4. The van der Waals surface area contributed by atoms with E-state index in [0.717, 1.165) is 48.3 Å². The molecule has 196 valence electrons. The lowest BCUT2D eigenvalue weighted by atomic mass is 10.1. The fraction of sp³-hybridized carbons (Fsp3) is 0.407. The monoisotopic (exact) mass is 521 g/mol. The van der Waals surface area contributed by atoms with Gasteiger partial charge in [-0.15, -0.1) is 0 Å². The summed E-state index contributed by atoms with van der Waals surface area (Å²) < 4.78 is 6.21. The number of carbonyl (C=O) groups is 1. The molecular weight excluding hydrogens is 486 g/mol. The van der Waals surface area contributed by atoms with Crippen LogP contribution in [0.3, 0.4) is 0 Å². The number of H-pyrrole nitrogens is 1. The topological polar surface area (TPSA) is 135 Å². The number of aromatic nitrogens is 2. The number of fused-ring (bicyclic) bond motifs is 1. The van der Waals surface area contributed by atoms with Crippen molar-refractivity contribution in [2.45, 2.75) is 50.1 Å². The van der Waals surface area contributed by atoms with E-state index in [1.54, 1.807) is 12.1 Å². The number of carbonyl (C=O) groups excluding carboxylic acids is 1. The number of thioether (sulfide) groups is 1. The summed E-state index contributed by atoms with van der Waals surface area (Å²) in [6.07, 6.45) is 1.89. The Morgan fingerprint density at radius 2 is 1.86 bits per heavy atom. The summed E-state index contributed by atoms with van der Waals surface area (Å²) in [5.41, 5.74) is 8.67. The Bertz CT molecular complexity index is 1260. The molecule has 1 amide bonds. The standard InChI is InChI=1S/C27H35N7O2S/c1-4-33(5-2)26(35)24(37-27-31-22-11-8-19(25(29)30)16-23(22)32-27)18-6-9-20(10-7-18)36-21-12-14-34(15-13-21)17(3)28/h6-11,16,21,24,28H,4-5,12-15H2,1-3H3,(H3,29,30)(H,31,32). The van der Waals surface area contributed by atoms with Crippen LogP contribution in [-0.4, -0.2) is 69.6 Å². The molecule has 1 aromatic heterocycles. The molecule has 2 heterocycles. The summed E-state index contributed by atoms with van der Waals surface area (Å²) in [5.74, 6) is 1.42. The number of benzene rings is 2. The lowest BCUT2D eigenvalue weighted by molar-refractivity contribution is -0.130. The number of amides is 1. The van der Waals surface area contributed by atoms with E-state index in [-0.39, 0.29) is 17.8 Å². The fourth-order valence-electron chi connectivity index (χ4n) is 4.51. The molecule has 0 radical (unpaired) electrons. The number of piperidine rings is 1. The van der Waals surface area contributed by atoms with Crippen LogP contribution >= 0.6 is 11.8 Å². The molecule has 1 fully saturated rings. The predicted molar refractivity (Wildman–Crippen MR) is 149 cm³/mol. The number of hydrogen-bond acceptors (Lipinski definition) is 6. The highest BCUT2D eigenvalue weighted by Gasteiger charge is 2.27. The molecule has 5 N–H and O–H groups in total. The molecule has 0 aliphatic carbocycles. The van der Waals surface area contributed by atoms with Crippen LogP contribution < -0.4 is 10.5 Å². The van der Waals surface area contributed by atoms with Crippen molar-refractivity contribution < 1.29 is 9.53 Å². The number of hydrogen-bond donors (Lipinski definition) is 4. The summed E-state index contributed by atoms with van der Waals surface area (Å²) in [7, 11) is 0.